The van der Waals surface area contributed by atoms with Gasteiger partial charge in [0.25, 0.3) is 0 Å². The summed E-state index contributed by atoms with van der Waals surface area (Å²) in [5.74, 6) is 0.670. The van der Waals surface area contributed by atoms with Crippen molar-refractivity contribution in [3.8, 4) is 0 Å². The SMILES string of the molecule is OC1CCC2NC(Cl)CCC2C1. The Labute approximate surface area is 78.3 Å². The fraction of sp³-hybridized carbons (Fsp3) is 1.00. The molecule has 2 rings (SSSR count). The highest BCUT2D eigenvalue weighted by molar-refractivity contribution is 6.20. The van der Waals surface area contributed by atoms with E-state index < -0.39 is 0 Å². The van der Waals surface area contributed by atoms with E-state index in [0.29, 0.717) is 12.0 Å². The molecule has 0 bridgehead atoms. The molecule has 1 saturated carbocycles. The van der Waals surface area contributed by atoms with Crippen LogP contribution in [0.3, 0.4) is 0 Å². The second kappa shape index (κ2) is 3.52. The van der Waals surface area contributed by atoms with E-state index in [1.807, 2.05) is 0 Å². The normalized spacial score (nSPS) is 48.5. The zero-order chi connectivity index (χ0) is 8.55. The largest absolute Gasteiger partial charge is 0.393 e. The van der Waals surface area contributed by atoms with Crippen LogP contribution in [-0.4, -0.2) is 22.8 Å². The van der Waals surface area contributed by atoms with Gasteiger partial charge in [-0.25, -0.2) is 0 Å². The second-order valence-electron chi connectivity index (χ2n) is 4.05. The molecule has 0 aromatic rings. The Morgan fingerprint density at radius 2 is 2.00 bits per heavy atom. The van der Waals surface area contributed by atoms with Crippen LogP contribution in [0.5, 0.6) is 0 Å². The Kier molecular flexibility index (Phi) is 2.58. The van der Waals surface area contributed by atoms with E-state index in [9.17, 15) is 5.11 Å². The summed E-state index contributed by atoms with van der Waals surface area (Å²) < 4.78 is 0. The van der Waals surface area contributed by atoms with E-state index in [4.69, 9.17) is 11.6 Å². The summed E-state index contributed by atoms with van der Waals surface area (Å²) in [4.78, 5) is 0. The monoisotopic (exact) mass is 189 g/mol. The topological polar surface area (TPSA) is 32.3 Å². The molecule has 4 atom stereocenters. The van der Waals surface area contributed by atoms with E-state index in [-0.39, 0.29) is 11.6 Å². The summed E-state index contributed by atoms with van der Waals surface area (Å²) in [6.07, 6.45) is 5.19. The minimum absolute atomic E-state index is 0.0556. The van der Waals surface area contributed by atoms with Crippen molar-refractivity contribution in [2.24, 2.45) is 5.92 Å². The lowest BCUT2D eigenvalue weighted by Crippen LogP contribution is -2.48. The summed E-state index contributed by atoms with van der Waals surface area (Å²) in [5.41, 5.74) is 0.168. The first-order valence-electron chi connectivity index (χ1n) is 4.84. The first-order valence-corrected chi connectivity index (χ1v) is 5.27. The smallest absolute Gasteiger partial charge is 0.0827 e. The number of alkyl halides is 1. The Hall–Kier alpha value is 0.210. The van der Waals surface area contributed by atoms with Crippen LogP contribution in [0, 0.1) is 5.92 Å². The Balaban J connectivity index is 1.94. The molecule has 1 aliphatic carbocycles. The maximum Gasteiger partial charge on any atom is 0.0827 e. The first kappa shape index (κ1) is 8.79. The number of fused-ring (bicyclic) bond motifs is 1. The molecule has 4 unspecified atom stereocenters. The summed E-state index contributed by atoms with van der Waals surface area (Å²) in [6.45, 7) is 0. The Morgan fingerprint density at radius 3 is 2.83 bits per heavy atom. The summed E-state index contributed by atoms with van der Waals surface area (Å²) >= 11 is 6.00. The predicted molar refractivity (Wildman–Crippen MR) is 49.1 cm³/mol. The fourth-order valence-corrected chi connectivity index (χ4v) is 2.74. The van der Waals surface area contributed by atoms with Crippen LogP contribution in [0.4, 0.5) is 0 Å². The highest BCUT2D eigenvalue weighted by Crippen LogP contribution is 2.33. The lowest BCUT2D eigenvalue weighted by molar-refractivity contribution is 0.0650. The molecule has 1 aliphatic heterocycles. The molecule has 2 nitrogen and oxygen atoms in total. The third-order valence-corrected chi connectivity index (χ3v) is 3.48. The van der Waals surface area contributed by atoms with Gasteiger partial charge in [0.2, 0.25) is 0 Å². The highest BCUT2D eigenvalue weighted by atomic mass is 35.5. The first-order chi connectivity index (χ1) is 5.75. The maximum absolute atomic E-state index is 9.45. The maximum atomic E-state index is 9.45. The van der Waals surface area contributed by atoms with Gasteiger partial charge in [-0.05, 0) is 38.0 Å². The highest BCUT2D eigenvalue weighted by Gasteiger charge is 2.33. The molecular formula is C9H16ClNO. The van der Waals surface area contributed by atoms with Gasteiger partial charge in [0, 0.05) is 6.04 Å². The van der Waals surface area contributed by atoms with E-state index >= 15 is 0 Å². The van der Waals surface area contributed by atoms with Crippen molar-refractivity contribution in [2.45, 2.75) is 49.8 Å². The molecule has 12 heavy (non-hydrogen) atoms. The van der Waals surface area contributed by atoms with Crippen LogP contribution >= 0.6 is 11.6 Å². The zero-order valence-corrected chi connectivity index (χ0v) is 7.93. The zero-order valence-electron chi connectivity index (χ0n) is 7.17. The molecule has 1 saturated heterocycles. The van der Waals surface area contributed by atoms with Gasteiger partial charge < -0.3 is 5.11 Å². The number of hydrogen-bond donors (Lipinski definition) is 2. The van der Waals surface area contributed by atoms with Crippen LogP contribution in [0.25, 0.3) is 0 Å². The summed E-state index contributed by atoms with van der Waals surface area (Å²) in [6, 6.07) is 0.574. The van der Waals surface area contributed by atoms with Crippen molar-refractivity contribution in [1.29, 1.82) is 0 Å². The quantitative estimate of drug-likeness (QED) is 0.447. The van der Waals surface area contributed by atoms with Gasteiger partial charge in [-0.2, -0.15) is 0 Å². The Bertz CT molecular complexity index is 147. The lowest BCUT2D eigenvalue weighted by atomic mass is 9.78. The molecule has 2 N–H and O–H groups in total. The molecule has 70 valence electrons. The lowest BCUT2D eigenvalue weighted by Gasteiger charge is -2.40. The molecule has 2 fully saturated rings. The molecule has 1 heterocycles. The van der Waals surface area contributed by atoms with Gasteiger partial charge >= 0.3 is 0 Å². The van der Waals surface area contributed by atoms with Crippen LogP contribution in [0.1, 0.15) is 32.1 Å². The van der Waals surface area contributed by atoms with E-state index in [1.54, 1.807) is 0 Å². The Morgan fingerprint density at radius 1 is 1.17 bits per heavy atom. The molecule has 0 radical (unpaired) electrons. The number of nitrogens with one attached hydrogen (secondary N) is 1. The minimum atomic E-state index is -0.0556. The molecule has 0 amide bonds. The molecule has 2 aliphatic rings. The number of aliphatic hydroxyl groups excluding tert-OH is 1. The minimum Gasteiger partial charge on any atom is -0.393 e. The standard InChI is InChI=1S/C9H16ClNO/c10-9-4-1-6-5-7(12)2-3-8(6)11-9/h6-9,11-12H,1-5H2. The van der Waals surface area contributed by atoms with Gasteiger partial charge in [0.15, 0.2) is 0 Å². The van der Waals surface area contributed by atoms with Gasteiger partial charge in [-0.15, -0.1) is 11.6 Å². The van der Waals surface area contributed by atoms with Crippen molar-refractivity contribution in [2.75, 3.05) is 0 Å². The van der Waals surface area contributed by atoms with Gasteiger partial charge in [-0.1, -0.05) is 0 Å². The summed E-state index contributed by atoms with van der Waals surface area (Å²) in [5, 5.41) is 12.8. The number of halogens is 1. The van der Waals surface area contributed by atoms with E-state index in [1.165, 1.54) is 6.42 Å². The van der Waals surface area contributed by atoms with E-state index in [0.717, 1.165) is 25.7 Å². The third-order valence-electron chi connectivity index (χ3n) is 3.14. The van der Waals surface area contributed by atoms with Gasteiger partial charge in [0.1, 0.15) is 0 Å². The van der Waals surface area contributed by atoms with Crippen LogP contribution < -0.4 is 5.32 Å². The average molecular weight is 190 g/mol. The molecule has 0 aromatic heterocycles. The van der Waals surface area contributed by atoms with Crippen molar-refractivity contribution < 1.29 is 5.11 Å². The van der Waals surface area contributed by atoms with Crippen molar-refractivity contribution >= 4 is 11.6 Å². The molecule has 0 aromatic carbocycles. The number of piperidine rings is 1. The van der Waals surface area contributed by atoms with Crippen molar-refractivity contribution in [3.63, 3.8) is 0 Å². The van der Waals surface area contributed by atoms with Crippen LogP contribution in [0.15, 0.2) is 0 Å². The van der Waals surface area contributed by atoms with Crippen molar-refractivity contribution in [3.05, 3.63) is 0 Å². The molecule has 3 heteroatoms. The number of hydrogen-bond acceptors (Lipinski definition) is 2. The summed E-state index contributed by atoms with van der Waals surface area (Å²) in [7, 11) is 0. The van der Waals surface area contributed by atoms with Gasteiger partial charge in [-0.3, -0.25) is 5.32 Å². The molecular weight excluding hydrogens is 174 g/mol. The number of aliphatic hydroxyl groups is 1. The second-order valence-corrected chi connectivity index (χ2v) is 4.57. The molecule has 0 spiro atoms. The van der Waals surface area contributed by atoms with Crippen molar-refractivity contribution in [1.82, 2.24) is 5.32 Å². The van der Waals surface area contributed by atoms with Crippen LogP contribution in [0.2, 0.25) is 0 Å². The average Bonchev–Trinajstić information content (AvgIpc) is 2.05. The van der Waals surface area contributed by atoms with Gasteiger partial charge in [0.05, 0.1) is 11.6 Å². The fourth-order valence-electron chi connectivity index (χ4n) is 2.45. The third kappa shape index (κ3) is 1.76. The van der Waals surface area contributed by atoms with Crippen LogP contribution in [-0.2, 0) is 0 Å². The van der Waals surface area contributed by atoms with E-state index in [2.05, 4.69) is 5.32 Å². The predicted octanol–water partition coefficient (Wildman–Crippen LogP) is 1.46. The number of rotatable bonds is 0.